The van der Waals surface area contributed by atoms with E-state index in [2.05, 4.69) is 24.4 Å². The molecule has 0 bridgehead atoms. The Bertz CT molecular complexity index is 209. The SMILES string of the molecule is CC/C=C\CC1CCC2CCCC[C@H]2N1. The zero-order chi connectivity index (χ0) is 10.5. The van der Waals surface area contributed by atoms with Gasteiger partial charge < -0.3 is 5.32 Å². The third-order valence-corrected chi connectivity index (χ3v) is 4.07. The molecule has 86 valence electrons. The topological polar surface area (TPSA) is 12.0 Å². The van der Waals surface area contributed by atoms with E-state index in [0.29, 0.717) is 0 Å². The number of nitrogens with one attached hydrogen (secondary N) is 1. The van der Waals surface area contributed by atoms with E-state index in [1.807, 2.05) is 0 Å². The van der Waals surface area contributed by atoms with Gasteiger partial charge in [-0.25, -0.2) is 0 Å². The first-order valence-electron chi connectivity index (χ1n) is 6.81. The van der Waals surface area contributed by atoms with Crippen molar-refractivity contribution in [2.75, 3.05) is 0 Å². The van der Waals surface area contributed by atoms with Gasteiger partial charge in [-0.2, -0.15) is 0 Å². The van der Waals surface area contributed by atoms with Gasteiger partial charge in [-0.05, 0) is 44.4 Å². The molecule has 1 nitrogen and oxygen atoms in total. The molecule has 2 aliphatic rings. The molecule has 2 rings (SSSR count). The molecule has 0 amide bonds. The minimum absolute atomic E-state index is 0.771. The van der Waals surface area contributed by atoms with Crippen molar-refractivity contribution in [3.05, 3.63) is 12.2 Å². The lowest BCUT2D eigenvalue weighted by Crippen LogP contribution is -2.48. The van der Waals surface area contributed by atoms with Gasteiger partial charge in [-0.3, -0.25) is 0 Å². The van der Waals surface area contributed by atoms with Crippen LogP contribution in [0.5, 0.6) is 0 Å². The predicted octanol–water partition coefficient (Wildman–Crippen LogP) is 3.65. The highest BCUT2D eigenvalue weighted by Crippen LogP contribution is 2.32. The van der Waals surface area contributed by atoms with Crippen molar-refractivity contribution in [2.45, 2.75) is 70.4 Å². The van der Waals surface area contributed by atoms with Gasteiger partial charge in [0.05, 0.1) is 0 Å². The summed E-state index contributed by atoms with van der Waals surface area (Å²) in [5.74, 6) is 1.00. The highest BCUT2D eigenvalue weighted by molar-refractivity contribution is 4.93. The van der Waals surface area contributed by atoms with Crippen LogP contribution in [0.3, 0.4) is 0 Å². The van der Waals surface area contributed by atoms with Gasteiger partial charge in [0.15, 0.2) is 0 Å². The van der Waals surface area contributed by atoms with Gasteiger partial charge in [0, 0.05) is 12.1 Å². The van der Waals surface area contributed by atoms with E-state index in [4.69, 9.17) is 0 Å². The van der Waals surface area contributed by atoms with Crippen molar-refractivity contribution in [3.8, 4) is 0 Å². The molecule has 15 heavy (non-hydrogen) atoms. The molecular weight excluding hydrogens is 182 g/mol. The molecule has 0 aromatic carbocycles. The molecule has 1 aliphatic carbocycles. The fourth-order valence-corrected chi connectivity index (χ4v) is 3.19. The Morgan fingerprint density at radius 3 is 2.80 bits per heavy atom. The van der Waals surface area contributed by atoms with Gasteiger partial charge in [-0.1, -0.05) is 31.9 Å². The van der Waals surface area contributed by atoms with Crippen LogP contribution in [0.2, 0.25) is 0 Å². The maximum absolute atomic E-state index is 3.86. The second-order valence-electron chi connectivity index (χ2n) is 5.21. The van der Waals surface area contributed by atoms with Crippen molar-refractivity contribution in [1.29, 1.82) is 0 Å². The van der Waals surface area contributed by atoms with Crippen LogP contribution < -0.4 is 5.32 Å². The summed E-state index contributed by atoms with van der Waals surface area (Å²) in [5.41, 5.74) is 0. The molecule has 1 N–H and O–H groups in total. The van der Waals surface area contributed by atoms with Crippen molar-refractivity contribution in [3.63, 3.8) is 0 Å². The van der Waals surface area contributed by atoms with Gasteiger partial charge in [0.25, 0.3) is 0 Å². The van der Waals surface area contributed by atoms with E-state index >= 15 is 0 Å². The minimum Gasteiger partial charge on any atom is -0.311 e. The number of piperidine rings is 1. The smallest absolute Gasteiger partial charge is 0.0104 e. The van der Waals surface area contributed by atoms with Crippen LogP contribution in [0.15, 0.2) is 12.2 Å². The largest absolute Gasteiger partial charge is 0.311 e. The number of hydrogen-bond acceptors (Lipinski definition) is 1. The molecule has 1 saturated heterocycles. The van der Waals surface area contributed by atoms with Crippen molar-refractivity contribution in [2.24, 2.45) is 5.92 Å². The average molecular weight is 207 g/mol. The molecular formula is C14H25N. The van der Waals surface area contributed by atoms with Gasteiger partial charge >= 0.3 is 0 Å². The van der Waals surface area contributed by atoms with Gasteiger partial charge in [0.1, 0.15) is 0 Å². The molecule has 0 aromatic heterocycles. The second kappa shape index (κ2) is 5.69. The maximum Gasteiger partial charge on any atom is 0.0104 e. The van der Waals surface area contributed by atoms with Crippen molar-refractivity contribution < 1.29 is 0 Å². The number of allylic oxidation sites excluding steroid dienone is 1. The lowest BCUT2D eigenvalue weighted by atomic mass is 9.77. The Morgan fingerprint density at radius 1 is 1.07 bits per heavy atom. The summed E-state index contributed by atoms with van der Waals surface area (Å²) >= 11 is 0. The van der Waals surface area contributed by atoms with Crippen LogP contribution in [0, 0.1) is 5.92 Å². The summed E-state index contributed by atoms with van der Waals surface area (Å²) < 4.78 is 0. The molecule has 1 saturated carbocycles. The molecule has 2 fully saturated rings. The fourth-order valence-electron chi connectivity index (χ4n) is 3.19. The Kier molecular flexibility index (Phi) is 4.25. The minimum atomic E-state index is 0.771. The van der Waals surface area contributed by atoms with Gasteiger partial charge in [0.2, 0.25) is 0 Å². The summed E-state index contributed by atoms with van der Waals surface area (Å²) in [6.07, 6.45) is 15.8. The first-order valence-corrected chi connectivity index (χ1v) is 6.81. The molecule has 0 aromatic rings. The van der Waals surface area contributed by atoms with E-state index in [0.717, 1.165) is 18.0 Å². The van der Waals surface area contributed by atoms with E-state index in [1.54, 1.807) is 0 Å². The van der Waals surface area contributed by atoms with Crippen LogP contribution in [0.4, 0.5) is 0 Å². The summed E-state index contributed by atoms with van der Waals surface area (Å²) in [6, 6.07) is 1.62. The molecule has 2 unspecified atom stereocenters. The zero-order valence-corrected chi connectivity index (χ0v) is 10.0. The number of hydrogen-bond donors (Lipinski definition) is 1. The summed E-state index contributed by atoms with van der Waals surface area (Å²) in [7, 11) is 0. The predicted molar refractivity (Wildman–Crippen MR) is 66.0 cm³/mol. The van der Waals surface area contributed by atoms with Crippen LogP contribution >= 0.6 is 0 Å². The molecule has 1 heteroatoms. The monoisotopic (exact) mass is 207 g/mol. The lowest BCUT2D eigenvalue weighted by molar-refractivity contribution is 0.177. The molecule has 1 heterocycles. The summed E-state index contributed by atoms with van der Waals surface area (Å²) in [4.78, 5) is 0. The van der Waals surface area contributed by atoms with Crippen LogP contribution in [0.25, 0.3) is 0 Å². The lowest BCUT2D eigenvalue weighted by Gasteiger charge is -2.40. The molecule has 3 atom stereocenters. The number of rotatable bonds is 3. The third-order valence-electron chi connectivity index (χ3n) is 4.07. The summed E-state index contributed by atoms with van der Waals surface area (Å²) in [5, 5.41) is 3.86. The van der Waals surface area contributed by atoms with Crippen LogP contribution in [0.1, 0.15) is 58.3 Å². The first kappa shape index (κ1) is 11.2. The van der Waals surface area contributed by atoms with Crippen LogP contribution in [-0.2, 0) is 0 Å². The van der Waals surface area contributed by atoms with Gasteiger partial charge in [-0.15, -0.1) is 0 Å². The molecule has 0 spiro atoms. The Morgan fingerprint density at radius 2 is 1.93 bits per heavy atom. The van der Waals surface area contributed by atoms with E-state index in [1.165, 1.54) is 51.4 Å². The zero-order valence-electron chi connectivity index (χ0n) is 10.0. The Labute approximate surface area is 94.3 Å². The Hall–Kier alpha value is -0.300. The fraction of sp³-hybridized carbons (Fsp3) is 0.857. The van der Waals surface area contributed by atoms with Crippen molar-refractivity contribution >= 4 is 0 Å². The normalized spacial score (nSPS) is 36.7. The quantitative estimate of drug-likeness (QED) is 0.696. The third kappa shape index (κ3) is 3.07. The van der Waals surface area contributed by atoms with E-state index in [-0.39, 0.29) is 0 Å². The molecule has 1 aliphatic heterocycles. The van der Waals surface area contributed by atoms with Crippen LogP contribution in [-0.4, -0.2) is 12.1 Å². The standard InChI is InChI=1S/C14H25N/c1-2-3-4-8-13-11-10-12-7-5-6-9-14(12)15-13/h3-4,12-15H,2,5-11H2,1H3/b4-3-/t12?,13?,14-/m1/s1. The maximum atomic E-state index is 3.86. The average Bonchev–Trinajstić information content (AvgIpc) is 2.29. The van der Waals surface area contributed by atoms with E-state index in [9.17, 15) is 0 Å². The highest BCUT2D eigenvalue weighted by atomic mass is 15.0. The molecule has 0 radical (unpaired) electrons. The first-order chi connectivity index (χ1) is 7.40. The summed E-state index contributed by atoms with van der Waals surface area (Å²) in [6.45, 7) is 2.21. The Balaban J connectivity index is 1.78. The second-order valence-corrected chi connectivity index (χ2v) is 5.21. The highest BCUT2D eigenvalue weighted by Gasteiger charge is 2.30. The van der Waals surface area contributed by atoms with E-state index < -0.39 is 0 Å². The van der Waals surface area contributed by atoms with Crippen molar-refractivity contribution in [1.82, 2.24) is 5.32 Å². The number of fused-ring (bicyclic) bond motifs is 1.